The zero-order chi connectivity index (χ0) is 14.4. The third-order valence-corrected chi connectivity index (χ3v) is 4.69. The molecule has 4 heteroatoms. The van der Waals surface area contributed by atoms with Gasteiger partial charge in [0.2, 0.25) is 5.91 Å². The average Bonchev–Trinajstić information content (AvgIpc) is 2.93. The van der Waals surface area contributed by atoms with Crippen molar-refractivity contribution in [3.05, 3.63) is 0 Å². The molecule has 1 N–H and O–H groups in total. The smallest absolute Gasteiger partial charge is 0.229 e. The highest BCUT2D eigenvalue weighted by molar-refractivity contribution is 5.79. The van der Waals surface area contributed by atoms with E-state index in [1.54, 1.807) is 0 Å². The lowest BCUT2D eigenvalue weighted by atomic mass is 9.88. The first kappa shape index (κ1) is 15.8. The van der Waals surface area contributed by atoms with E-state index in [1.165, 1.54) is 32.1 Å². The van der Waals surface area contributed by atoms with Gasteiger partial charge in [-0.05, 0) is 31.7 Å². The number of nitrogens with zero attached hydrogens (tertiary/aromatic N) is 1. The Morgan fingerprint density at radius 1 is 1.25 bits per heavy atom. The summed E-state index contributed by atoms with van der Waals surface area (Å²) in [6.45, 7) is 5.29. The number of ether oxygens (including phenoxy) is 1. The van der Waals surface area contributed by atoms with Gasteiger partial charge in [0.15, 0.2) is 0 Å². The molecule has 116 valence electrons. The molecule has 2 unspecified atom stereocenters. The van der Waals surface area contributed by atoms with Crippen LogP contribution in [0.2, 0.25) is 0 Å². The lowest BCUT2D eigenvalue weighted by Gasteiger charge is -2.29. The van der Waals surface area contributed by atoms with Crippen LogP contribution in [0.25, 0.3) is 0 Å². The summed E-state index contributed by atoms with van der Waals surface area (Å²) < 4.78 is 5.52. The molecule has 0 aromatic rings. The predicted molar refractivity (Wildman–Crippen MR) is 80.6 cm³/mol. The maximum Gasteiger partial charge on any atom is 0.229 e. The maximum atomic E-state index is 12.6. The molecule has 1 amide bonds. The first-order valence-corrected chi connectivity index (χ1v) is 8.28. The zero-order valence-corrected chi connectivity index (χ0v) is 13.1. The molecule has 1 aliphatic heterocycles. The van der Waals surface area contributed by atoms with Crippen LogP contribution >= 0.6 is 0 Å². The van der Waals surface area contributed by atoms with Crippen molar-refractivity contribution in [3.8, 4) is 0 Å². The fraction of sp³-hybridized carbons (Fsp3) is 0.938. The molecule has 0 aromatic heterocycles. The predicted octanol–water partition coefficient (Wildman–Crippen LogP) is 2.04. The third-order valence-electron chi connectivity index (χ3n) is 4.69. The summed E-state index contributed by atoms with van der Waals surface area (Å²) in [6, 6.07) is 0.205. The highest BCUT2D eigenvalue weighted by Crippen LogP contribution is 2.25. The Labute approximate surface area is 123 Å². The van der Waals surface area contributed by atoms with Crippen molar-refractivity contribution in [1.29, 1.82) is 0 Å². The molecular weight excluding hydrogens is 252 g/mol. The van der Waals surface area contributed by atoms with Crippen molar-refractivity contribution in [2.75, 3.05) is 33.4 Å². The van der Waals surface area contributed by atoms with Gasteiger partial charge in [-0.3, -0.25) is 4.79 Å². The van der Waals surface area contributed by atoms with Crippen LogP contribution in [0.15, 0.2) is 0 Å². The van der Waals surface area contributed by atoms with E-state index >= 15 is 0 Å². The van der Waals surface area contributed by atoms with E-state index < -0.39 is 0 Å². The molecule has 0 spiro atoms. The minimum atomic E-state index is 0.00939. The third kappa shape index (κ3) is 4.19. The van der Waals surface area contributed by atoms with Crippen LogP contribution in [0.5, 0.6) is 0 Å². The van der Waals surface area contributed by atoms with Crippen molar-refractivity contribution < 1.29 is 9.53 Å². The summed E-state index contributed by atoms with van der Waals surface area (Å²) in [4.78, 5) is 14.6. The van der Waals surface area contributed by atoms with Gasteiger partial charge in [-0.2, -0.15) is 0 Å². The molecular formula is C16H30N2O2. The van der Waals surface area contributed by atoms with Crippen molar-refractivity contribution in [1.82, 2.24) is 10.2 Å². The highest BCUT2D eigenvalue weighted by atomic mass is 16.5. The van der Waals surface area contributed by atoms with Gasteiger partial charge in [0.05, 0.1) is 19.1 Å². The van der Waals surface area contributed by atoms with Crippen molar-refractivity contribution in [3.63, 3.8) is 0 Å². The molecule has 4 nitrogen and oxygen atoms in total. The summed E-state index contributed by atoms with van der Waals surface area (Å²) in [5, 5.41) is 3.45. The molecule has 0 radical (unpaired) electrons. The fourth-order valence-electron chi connectivity index (χ4n) is 3.46. The van der Waals surface area contributed by atoms with E-state index in [4.69, 9.17) is 4.74 Å². The minimum Gasteiger partial charge on any atom is -0.379 e. The van der Waals surface area contributed by atoms with Crippen LogP contribution < -0.4 is 5.32 Å². The van der Waals surface area contributed by atoms with E-state index in [9.17, 15) is 4.79 Å². The Morgan fingerprint density at radius 2 is 2.00 bits per heavy atom. The molecule has 1 aliphatic carbocycles. The number of nitrogens with one attached hydrogen (secondary N) is 1. The molecule has 2 atom stereocenters. The van der Waals surface area contributed by atoms with Crippen molar-refractivity contribution in [2.24, 2.45) is 11.8 Å². The van der Waals surface area contributed by atoms with Crippen LogP contribution in [0.1, 0.15) is 45.4 Å². The minimum absolute atomic E-state index is 0.00939. The lowest BCUT2D eigenvalue weighted by molar-refractivity contribution is -0.135. The summed E-state index contributed by atoms with van der Waals surface area (Å²) in [7, 11) is 1.96. The van der Waals surface area contributed by atoms with Gasteiger partial charge in [-0.15, -0.1) is 0 Å². The quantitative estimate of drug-likeness (QED) is 0.810. The second-order valence-electron chi connectivity index (χ2n) is 6.43. The van der Waals surface area contributed by atoms with E-state index in [1.807, 2.05) is 11.9 Å². The largest absolute Gasteiger partial charge is 0.379 e. The SMILES string of the molecule is CCCNC1COCC1C(=O)N(C)CC1CCCCC1. The summed E-state index contributed by atoms with van der Waals surface area (Å²) in [5.41, 5.74) is 0. The van der Waals surface area contributed by atoms with Crippen LogP contribution in [0.3, 0.4) is 0 Å². The first-order valence-electron chi connectivity index (χ1n) is 8.28. The average molecular weight is 282 g/mol. The molecule has 2 aliphatic rings. The number of carbonyl (C=O) groups is 1. The Hall–Kier alpha value is -0.610. The highest BCUT2D eigenvalue weighted by Gasteiger charge is 2.35. The van der Waals surface area contributed by atoms with Gasteiger partial charge < -0.3 is 15.0 Å². The van der Waals surface area contributed by atoms with E-state index in [0.717, 1.165) is 19.5 Å². The van der Waals surface area contributed by atoms with Gasteiger partial charge in [-0.25, -0.2) is 0 Å². The van der Waals surface area contributed by atoms with Crippen LogP contribution in [0, 0.1) is 11.8 Å². The van der Waals surface area contributed by atoms with E-state index in [0.29, 0.717) is 19.1 Å². The summed E-state index contributed by atoms with van der Waals surface area (Å²) in [5.74, 6) is 0.985. The molecule has 2 fully saturated rings. The van der Waals surface area contributed by atoms with Crippen molar-refractivity contribution in [2.45, 2.75) is 51.5 Å². The van der Waals surface area contributed by atoms with Crippen molar-refractivity contribution >= 4 is 5.91 Å². The molecule has 1 saturated carbocycles. The number of rotatable bonds is 6. The van der Waals surface area contributed by atoms with E-state index in [2.05, 4.69) is 12.2 Å². The van der Waals surface area contributed by atoms with Crippen LogP contribution in [-0.2, 0) is 9.53 Å². The monoisotopic (exact) mass is 282 g/mol. The number of hydrogen-bond acceptors (Lipinski definition) is 3. The first-order chi connectivity index (χ1) is 9.72. The fourth-order valence-corrected chi connectivity index (χ4v) is 3.46. The van der Waals surface area contributed by atoms with Gasteiger partial charge >= 0.3 is 0 Å². The van der Waals surface area contributed by atoms with E-state index in [-0.39, 0.29) is 17.9 Å². The van der Waals surface area contributed by atoms with Gasteiger partial charge in [0.25, 0.3) is 0 Å². The Kier molecular flexibility index (Phi) is 6.30. The second kappa shape index (κ2) is 7.99. The molecule has 0 aromatic carbocycles. The van der Waals surface area contributed by atoms with Gasteiger partial charge in [0, 0.05) is 19.6 Å². The molecule has 1 heterocycles. The molecule has 0 bridgehead atoms. The molecule has 1 saturated heterocycles. The molecule has 2 rings (SSSR count). The Balaban J connectivity index is 1.81. The summed E-state index contributed by atoms with van der Waals surface area (Å²) in [6.07, 6.45) is 7.70. The summed E-state index contributed by atoms with van der Waals surface area (Å²) >= 11 is 0. The Morgan fingerprint density at radius 3 is 2.70 bits per heavy atom. The van der Waals surface area contributed by atoms with Crippen LogP contribution in [0.4, 0.5) is 0 Å². The maximum absolute atomic E-state index is 12.6. The number of amides is 1. The zero-order valence-electron chi connectivity index (χ0n) is 13.1. The van der Waals surface area contributed by atoms with Gasteiger partial charge in [-0.1, -0.05) is 26.2 Å². The van der Waals surface area contributed by atoms with Crippen LogP contribution in [-0.4, -0.2) is 50.2 Å². The number of carbonyl (C=O) groups excluding carboxylic acids is 1. The number of hydrogen-bond donors (Lipinski definition) is 1. The standard InChI is InChI=1S/C16H30N2O2/c1-3-9-17-15-12-20-11-14(15)16(19)18(2)10-13-7-5-4-6-8-13/h13-15,17H,3-12H2,1-2H3. The second-order valence-corrected chi connectivity index (χ2v) is 6.43. The molecule has 20 heavy (non-hydrogen) atoms. The normalized spacial score (nSPS) is 27.7. The van der Waals surface area contributed by atoms with Gasteiger partial charge in [0.1, 0.15) is 0 Å². The lowest BCUT2D eigenvalue weighted by Crippen LogP contribution is -2.46. The Bertz CT molecular complexity index is 303. The topological polar surface area (TPSA) is 41.6 Å².